The van der Waals surface area contributed by atoms with Gasteiger partial charge in [0.05, 0.1) is 33.9 Å². The highest BCUT2D eigenvalue weighted by atomic mass is 16.2. The lowest BCUT2D eigenvalue weighted by molar-refractivity contribution is 0.377. The molecule has 0 N–H and O–H groups in total. The number of likely N-dealkylation sites (N-methyl/N-ethyl adjacent to an activating group) is 1. The molecular formula is C24H28N6O2. The summed E-state index contributed by atoms with van der Waals surface area (Å²) in [5.74, 6) is 0. The van der Waals surface area contributed by atoms with Gasteiger partial charge in [0.25, 0.3) is 5.56 Å². The smallest absolute Gasteiger partial charge is 0.309 e. The van der Waals surface area contributed by atoms with Gasteiger partial charge < -0.3 is 9.80 Å². The summed E-state index contributed by atoms with van der Waals surface area (Å²) in [5.41, 5.74) is 2.72. The number of fused-ring (bicyclic) bond motifs is 3. The average molecular weight is 433 g/mol. The van der Waals surface area contributed by atoms with Crippen LogP contribution < -0.4 is 11.2 Å². The zero-order valence-electron chi connectivity index (χ0n) is 19.0. The van der Waals surface area contributed by atoms with E-state index in [2.05, 4.69) is 9.80 Å². The van der Waals surface area contributed by atoms with Crippen LogP contribution in [0.3, 0.4) is 0 Å². The van der Waals surface area contributed by atoms with Crippen molar-refractivity contribution in [3.8, 4) is 0 Å². The van der Waals surface area contributed by atoms with Crippen molar-refractivity contribution in [1.82, 2.24) is 28.5 Å². The summed E-state index contributed by atoms with van der Waals surface area (Å²) in [5, 5.41) is 7.29. The number of hydrogen-bond donors (Lipinski definition) is 0. The maximum atomic E-state index is 13.6. The Bertz CT molecular complexity index is 1560. The molecule has 32 heavy (non-hydrogen) atoms. The molecule has 0 fully saturated rings. The van der Waals surface area contributed by atoms with Gasteiger partial charge in [-0.05, 0) is 59.4 Å². The number of benzene rings is 2. The van der Waals surface area contributed by atoms with E-state index in [1.54, 1.807) is 4.40 Å². The minimum absolute atomic E-state index is 0.228. The van der Waals surface area contributed by atoms with E-state index >= 15 is 0 Å². The molecule has 0 aliphatic rings. The second kappa shape index (κ2) is 7.72. The fourth-order valence-electron chi connectivity index (χ4n) is 4.60. The number of aromatic nitrogens is 4. The number of nitrogens with zero attached hydrogens (tertiary/aromatic N) is 6. The first-order valence-electron chi connectivity index (χ1n) is 11.0. The van der Waals surface area contributed by atoms with Gasteiger partial charge in [-0.3, -0.25) is 18.4 Å². The van der Waals surface area contributed by atoms with Crippen LogP contribution in [-0.2, 0) is 13.1 Å². The Kier molecular flexibility index (Phi) is 4.98. The van der Waals surface area contributed by atoms with Crippen molar-refractivity contribution in [1.29, 1.82) is 0 Å². The summed E-state index contributed by atoms with van der Waals surface area (Å²) in [6.45, 7) is 2.77. The molecule has 0 saturated heterocycles. The number of pyridine rings is 1. The Labute approximate surface area is 185 Å². The first kappa shape index (κ1) is 20.7. The highest BCUT2D eigenvalue weighted by Gasteiger charge is 2.22. The van der Waals surface area contributed by atoms with Crippen molar-refractivity contribution < 1.29 is 0 Å². The molecule has 8 nitrogen and oxygen atoms in total. The molecule has 0 bridgehead atoms. The predicted molar refractivity (Wildman–Crippen MR) is 129 cm³/mol. The summed E-state index contributed by atoms with van der Waals surface area (Å²) in [7, 11) is 8.04. The van der Waals surface area contributed by atoms with Gasteiger partial charge in [0.1, 0.15) is 5.52 Å². The molecular weight excluding hydrogens is 404 g/mol. The molecule has 0 amide bonds. The van der Waals surface area contributed by atoms with Gasteiger partial charge in [0, 0.05) is 18.5 Å². The fourth-order valence-corrected chi connectivity index (χ4v) is 4.60. The molecule has 3 aromatic heterocycles. The van der Waals surface area contributed by atoms with E-state index in [4.69, 9.17) is 5.10 Å². The van der Waals surface area contributed by atoms with Crippen LogP contribution in [0.5, 0.6) is 0 Å². The summed E-state index contributed by atoms with van der Waals surface area (Å²) >= 11 is 0. The zero-order chi connectivity index (χ0) is 22.6. The second-order valence-electron chi connectivity index (χ2n) is 8.98. The first-order chi connectivity index (χ1) is 15.4. The molecule has 166 valence electrons. The molecule has 5 rings (SSSR count). The quantitative estimate of drug-likeness (QED) is 0.291. The molecule has 0 radical (unpaired) electrons. The Hall–Kier alpha value is -3.23. The van der Waals surface area contributed by atoms with Crippen LogP contribution in [0.25, 0.3) is 38.2 Å². The lowest BCUT2D eigenvalue weighted by Crippen LogP contribution is -2.38. The lowest BCUT2D eigenvalue weighted by atomic mass is 10.1. The van der Waals surface area contributed by atoms with Crippen molar-refractivity contribution in [3.63, 3.8) is 0 Å². The molecule has 0 aliphatic heterocycles. The van der Waals surface area contributed by atoms with Gasteiger partial charge in [0.15, 0.2) is 0 Å². The standard InChI is InChI=1S/C24H28N6O2/c1-26(2)12-7-13-28-23(31)17-10-11-19-20-21(25-29(19)15-14-27(3)4)16-8-5-6-9-18(16)30(22(17)20)24(28)32/h5-6,8-11H,7,12-15H2,1-4H3. The third kappa shape index (κ3) is 3.10. The molecule has 0 unspecified atom stereocenters. The van der Waals surface area contributed by atoms with E-state index in [0.29, 0.717) is 17.4 Å². The molecule has 3 heterocycles. The Morgan fingerprint density at radius 2 is 1.59 bits per heavy atom. The number of para-hydroxylation sites is 1. The molecule has 0 aliphatic carbocycles. The molecule has 5 aromatic rings. The highest BCUT2D eigenvalue weighted by molar-refractivity contribution is 6.21. The fraction of sp³-hybridized carbons (Fsp3) is 0.375. The maximum Gasteiger partial charge on any atom is 0.336 e. The third-order valence-electron chi connectivity index (χ3n) is 6.16. The van der Waals surface area contributed by atoms with E-state index in [-0.39, 0.29) is 11.2 Å². The van der Waals surface area contributed by atoms with Crippen LogP contribution in [0.1, 0.15) is 6.42 Å². The van der Waals surface area contributed by atoms with Crippen molar-refractivity contribution in [2.24, 2.45) is 0 Å². The van der Waals surface area contributed by atoms with Crippen molar-refractivity contribution in [2.45, 2.75) is 19.5 Å². The first-order valence-corrected chi connectivity index (χ1v) is 11.0. The Morgan fingerprint density at radius 3 is 2.34 bits per heavy atom. The summed E-state index contributed by atoms with van der Waals surface area (Å²) in [6, 6.07) is 11.6. The van der Waals surface area contributed by atoms with Gasteiger partial charge in [0.2, 0.25) is 0 Å². The molecule has 8 heteroatoms. The molecule has 2 aromatic carbocycles. The predicted octanol–water partition coefficient (Wildman–Crippen LogP) is 2.07. The number of rotatable bonds is 7. The third-order valence-corrected chi connectivity index (χ3v) is 6.16. The minimum atomic E-state index is -0.284. The van der Waals surface area contributed by atoms with Crippen molar-refractivity contribution >= 4 is 38.2 Å². The van der Waals surface area contributed by atoms with E-state index in [1.807, 2.05) is 69.3 Å². The average Bonchev–Trinajstić information content (AvgIpc) is 3.14. The van der Waals surface area contributed by atoms with Crippen LogP contribution >= 0.6 is 0 Å². The zero-order valence-corrected chi connectivity index (χ0v) is 19.0. The van der Waals surface area contributed by atoms with Crippen LogP contribution in [0.2, 0.25) is 0 Å². The van der Waals surface area contributed by atoms with Crippen molar-refractivity contribution in [3.05, 3.63) is 57.2 Å². The monoisotopic (exact) mass is 432 g/mol. The topological polar surface area (TPSA) is 67.8 Å². The minimum Gasteiger partial charge on any atom is -0.309 e. The molecule has 0 atom stereocenters. The van der Waals surface area contributed by atoms with Crippen LogP contribution in [-0.4, -0.2) is 69.8 Å². The molecule has 0 saturated carbocycles. The van der Waals surface area contributed by atoms with Gasteiger partial charge in [-0.1, -0.05) is 18.2 Å². The number of hydrogen-bond acceptors (Lipinski definition) is 5. The van der Waals surface area contributed by atoms with Gasteiger partial charge in [-0.15, -0.1) is 0 Å². The van der Waals surface area contributed by atoms with Crippen LogP contribution in [0, 0.1) is 0 Å². The van der Waals surface area contributed by atoms with E-state index in [9.17, 15) is 9.59 Å². The Balaban J connectivity index is 1.88. The van der Waals surface area contributed by atoms with Crippen LogP contribution in [0.15, 0.2) is 46.0 Å². The maximum absolute atomic E-state index is 13.6. The van der Waals surface area contributed by atoms with Gasteiger partial charge in [-0.25, -0.2) is 4.79 Å². The SMILES string of the molecule is CN(C)CCCn1c(=O)c2ccc3c4c(nn3CCN(C)C)c3ccccc3n(c1=O)c24. The van der Waals surface area contributed by atoms with Gasteiger partial charge >= 0.3 is 5.69 Å². The van der Waals surface area contributed by atoms with Crippen LogP contribution in [0.4, 0.5) is 0 Å². The summed E-state index contributed by atoms with van der Waals surface area (Å²) in [6.07, 6.45) is 0.727. The lowest BCUT2D eigenvalue weighted by Gasteiger charge is -2.15. The molecule has 0 spiro atoms. The van der Waals surface area contributed by atoms with E-state index in [1.165, 1.54) is 4.57 Å². The highest BCUT2D eigenvalue weighted by Crippen LogP contribution is 2.33. The second-order valence-corrected chi connectivity index (χ2v) is 8.98. The normalized spacial score (nSPS) is 12.6. The van der Waals surface area contributed by atoms with Gasteiger partial charge in [-0.2, -0.15) is 5.10 Å². The Morgan fingerprint density at radius 1 is 0.844 bits per heavy atom. The van der Waals surface area contributed by atoms with E-state index in [0.717, 1.165) is 53.4 Å². The largest absolute Gasteiger partial charge is 0.336 e. The summed E-state index contributed by atoms with van der Waals surface area (Å²) < 4.78 is 5.09. The van der Waals surface area contributed by atoms with Crippen molar-refractivity contribution in [2.75, 3.05) is 41.3 Å². The summed E-state index contributed by atoms with van der Waals surface area (Å²) in [4.78, 5) is 31.2. The van der Waals surface area contributed by atoms with E-state index < -0.39 is 0 Å².